The Kier molecular flexibility index (Phi) is 4.19. The van der Waals surface area contributed by atoms with Crippen LogP contribution in [0.15, 0.2) is 109 Å². The van der Waals surface area contributed by atoms with Crippen molar-refractivity contribution in [3.63, 3.8) is 0 Å². The van der Waals surface area contributed by atoms with E-state index in [1.165, 1.54) is 44.2 Å². The number of anilines is 2. The van der Waals surface area contributed by atoms with Gasteiger partial charge in [-0.15, -0.1) is 0 Å². The topological polar surface area (TPSA) is 12.0 Å². The molecule has 1 nitrogen and oxygen atoms in total. The Bertz CT molecular complexity index is 1460. The molecule has 1 aliphatic rings. The summed E-state index contributed by atoms with van der Waals surface area (Å²) < 4.78 is 0. The molecule has 1 aliphatic carbocycles. The third-order valence-corrected chi connectivity index (χ3v) is 6.87. The predicted octanol–water partition coefficient (Wildman–Crippen LogP) is 8.56. The van der Waals surface area contributed by atoms with Gasteiger partial charge in [-0.25, -0.2) is 0 Å². The summed E-state index contributed by atoms with van der Waals surface area (Å²) in [6.07, 6.45) is 0. The second-order valence-corrected chi connectivity index (χ2v) is 9.13. The van der Waals surface area contributed by atoms with Gasteiger partial charge in [-0.2, -0.15) is 0 Å². The van der Waals surface area contributed by atoms with Crippen LogP contribution < -0.4 is 5.32 Å². The van der Waals surface area contributed by atoms with Crippen LogP contribution in [0.25, 0.3) is 33.0 Å². The maximum atomic E-state index is 3.71. The zero-order chi connectivity index (χ0) is 21.7. The van der Waals surface area contributed by atoms with E-state index in [0.29, 0.717) is 0 Å². The summed E-state index contributed by atoms with van der Waals surface area (Å²) in [5.41, 5.74) is 10.3. The largest absolute Gasteiger partial charge is 0.355 e. The first-order valence-corrected chi connectivity index (χ1v) is 11.2. The van der Waals surface area contributed by atoms with E-state index in [1.807, 2.05) is 0 Å². The van der Waals surface area contributed by atoms with Gasteiger partial charge in [0.15, 0.2) is 0 Å². The third kappa shape index (κ3) is 2.85. The molecule has 0 aliphatic heterocycles. The van der Waals surface area contributed by atoms with Gasteiger partial charge in [-0.05, 0) is 57.0 Å². The number of hydrogen-bond donors (Lipinski definition) is 1. The molecule has 0 saturated carbocycles. The monoisotopic (exact) mass is 411 g/mol. The molecule has 0 aromatic heterocycles. The van der Waals surface area contributed by atoms with Crippen LogP contribution in [0.5, 0.6) is 0 Å². The lowest BCUT2D eigenvalue weighted by molar-refractivity contribution is 0.660. The predicted molar refractivity (Wildman–Crippen MR) is 137 cm³/mol. The van der Waals surface area contributed by atoms with Crippen molar-refractivity contribution in [3.05, 3.63) is 120 Å². The van der Waals surface area contributed by atoms with Gasteiger partial charge in [0.1, 0.15) is 0 Å². The molecular formula is C31H25N. The van der Waals surface area contributed by atoms with Crippen LogP contribution in [0.4, 0.5) is 11.4 Å². The molecular weight excluding hydrogens is 386 g/mol. The third-order valence-electron chi connectivity index (χ3n) is 6.87. The fourth-order valence-corrected chi connectivity index (χ4v) is 5.24. The smallest absolute Gasteiger partial charge is 0.0464 e. The van der Waals surface area contributed by atoms with Crippen molar-refractivity contribution >= 4 is 22.1 Å². The first-order valence-electron chi connectivity index (χ1n) is 11.2. The van der Waals surface area contributed by atoms with Crippen molar-refractivity contribution in [3.8, 4) is 22.3 Å². The number of rotatable bonds is 3. The summed E-state index contributed by atoms with van der Waals surface area (Å²) in [5, 5.41) is 6.21. The second kappa shape index (κ2) is 7.10. The van der Waals surface area contributed by atoms with E-state index in [4.69, 9.17) is 0 Å². The van der Waals surface area contributed by atoms with Crippen LogP contribution in [0.2, 0.25) is 0 Å². The Morgan fingerprint density at radius 3 is 2.09 bits per heavy atom. The van der Waals surface area contributed by atoms with Crippen LogP contribution in [0.3, 0.4) is 0 Å². The van der Waals surface area contributed by atoms with Crippen LogP contribution in [-0.4, -0.2) is 0 Å². The first kappa shape index (κ1) is 18.9. The molecule has 0 bridgehead atoms. The van der Waals surface area contributed by atoms with Gasteiger partial charge in [-0.3, -0.25) is 0 Å². The highest BCUT2D eigenvalue weighted by Crippen LogP contribution is 2.49. The van der Waals surface area contributed by atoms with Crippen LogP contribution in [0.1, 0.15) is 25.0 Å². The quantitative estimate of drug-likeness (QED) is 0.313. The minimum Gasteiger partial charge on any atom is -0.355 e. The minimum atomic E-state index is 0.0362. The van der Waals surface area contributed by atoms with E-state index in [2.05, 4.69) is 128 Å². The molecule has 0 fully saturated rings. The lowest BCUT2D eigenvalue weighted by Crippen LogP contribution is -2.14. The summed E-state index contributed by atoms with van der Waals surface area (Å²) in [7, 11) is 0. The molecule has 0 saturated heterocycles. The lowest BCUT2D eigenvalue weighted by Gasteiger charge is -2.21. The Balaban J connectivity index is 1.44. The van der Waals surface area contributed by atoms with Crippen LogP contribution in [-0.2, 0) is 5.41 Å². The van der Waals surface area contributed by atoms with Gasteiger partial charge in [0.05, 0.1) is 0 Å². The van der Waals surface area contributed by atoms with Crippen molar-refractivity contribution in [1.29, 1.82) is 0 Å². The average molecular weight is 412 g/mol. The summed E-state index contributed by atoms with van der Waals surface area (Å²) in [4.78, 5) is 0. The first-order chi connectivity index (χ1) is 15.6. The number of fused-ring (bicyclic) bond motifs is 4. The SMILES string of the molecule is CC1(C)c2ccccc2-c2cc(Nc3cccc4c(-c5ccccc5)cccc34)ccc21. The highest BCUT2D eigenvalue weighted by Gasteiger charge is 2.34. The molecule has 32 heavy (non-hydrogen) atoms. The Morgan fingerprint density at radius 1 is 0.531 bits per heavy atom. The Labute approximate surface area is 189 Å². The number of benzene rings is 5. The summed E-state index contributed by atoms with van der Waals surface area (Å²) in [6.45, 7) is 4.64. The highest BCUT2D eigenvalue weighted by molar-refractivity contribution is 6.04. The van der Waals surface area contributed by atoms with E-state index in [1.54, 1.807) is 0 Å². The normalized spacial score (nSPS) is 13.6. The molecule has 0 heterocycles. The molecule has 6 rings (SSSR count). The van der Waals surface area contributed by atoms with E-state index < -0.39 is 0 Å². The fourth-order valence-electron chi connectivity index (χ4n) is 5.24. The van der Waals surface area contributed by atoms with Gasteiger partial charge in [0.2, 0.25) is 0 Å². The van der Waals surface area contributed by atoms with E-state index in [9.17, 15) is 0 Å². The summed E-state index contributed by atoms with van der Waals surface area (Å²) >= 11 is 0. The fraction of sp³-hybridized carbons (Fsp3) is 0.0968. The molecule has 1 N–H and O–H groups in total. The van der Waals surface area contributed by atoms with E-state index in [-0.39, 0.29) is 5.41 Å². The zero-order valence-electron chi connectivity index (χ0n) is 18.4. The van der Waals surface area contributed by atoms with E-state index in [0.717, 1.165) is 11.4 Å². The summed E-state index contributed by atoms with van der Waals surface area (Å²) in [6, 6.07) is 39.3. The lowest BCUT2D eigenvalue weighted by atomic mass is 9.82. The van der Waals surface area contributed by atoms with Gasteiger partial charge in [0.25, 0.3) is 0 Å². The standard InChI is InChI=1S/C31H25N/c1-31(2)28-16-7-6-12-25(28)27-20-22(18-19-29(27)31)32-30-17-9-14-24-23(13-8-15-26(24)30)21-10-4-3-5-11-21/h3-20,32H,1-2H3. The maximum absolute atomic E-state index is 3.71. The van der Waals surface area contributed by atoms with Gasteiger partial charge in [0, 0.05) is 22.2 Å². The van der Waals surface area contributed by atoms with Crippen molar-refractivity contribution in [1.82, 2.24) is 0 Å². The molecule has 5 aromatic rings. The molecule has 154 valence electrons. The molecule has 1 heteroatoms. The molecule has 5 aromatic carbocycles. The Hall–Kier alpha value is -3.84. The minimum absolute atomic E-state index is 0.0362. The average Bonchev–Trinajstić information content (AvgIpc) is 3.06. The maximum Gasteiger partial charge on any atom is 0.0464 e. The van der Waals surface area contributed by atoms with Crippen molar-refractivity contribution < 1.29 is 0 Å². The van der Waals surface area contributed by atoms with Crippen molar-refractivity contribution in [2.24, 2.45) is 0 Å². The van der Waals surface area contributed by atoms with Crippen molar-refractivity contribution in [2.75, 3.05) is 5.32 Å². The number of nitrogens with one attached hydrogen (secondary N) is 1. The second-order valence-electron chi connectivity index (χ2n) is 9.13. The van der Waals surface area contributed by atoms with Gasteiger partial charge >= 0.3 is 0 Å². The van der Waals surface area contributed by atoms with Gasteiger partial charge in [-0.1, -0.05) is 105 Å². The van der Waals surface area contributed by atoms with Crippen molar-refractivity contribution in [2.45, 2.75) is 19.3 Å². The molecule has 0 spiro atoms. The summed E-state index contributed by atoms with van der Waals surface area (Å²) in [5.74, 6) is 0. The Morgan fingerprint density at radius 2 is 1.22 bits per heavy atom. The zero-order valence-corrected chi connectivity index (χ0v) is 18.4. The molecule has 0 amide bonds. The molecule has 0 atom stereocenters. The van der Waals surface area contributed by atoms with Crippen LogP contribution in [0, 0.1) is 0 Å². The molecule has 0 unspecified atom stereocenters. The number of hydrogen-bond acceptors (Lipinski definition) is 1. The van der Waals surface area contributed by atoms with E-state index >= 15 is 0 Å². The molecule has 0 radical (unpaired) electrons. The highest BCUT2D eigenvalue weighted by atomic mass is 14.9. The van der Waals surface area contributed by atoms with Gasteiger partial charge < -0.3 is 5.32 Å². The van der Waals surface area contributed by atoms with Crippen LogP contribution >= 0.6 is 0 Å².